The van der Waals surface area contributed by atoms with Gasteiger partial charge in [-0.15, -0.1) is 0 Å². The molecule has 0 radical (unpaired) electrons. The van der Waals surface area contributed by atoms with Crippen LogP contribution in [0.2, 0.25) is 0 Å². The lowest BCUT2D eigenvalue weighted by Gasteiger charge is -2.24. The topological polar surface area (TPSA) is 76.3 Å². The van der Waals surface area contributed by atoms with E-state index in [9.17, 15) is 8.42 Å². The van der Waals surface area contributed by atoms with Crippen LogP contribution in [0.15, 0.2) is 34.9 Å². The monoisotopic (exact) mass is 321 g/mol. The smallest absolute Gasteiger partial charge is 0.257 e. The fourth-order valence-electron chi connectivity index (χ4n) is 2.80. The Morgan fingerprint density at radius 2 is 1.95 bits per heavy atom. The maximum absolute atomic E-state index is 12.0. The molecule has 0 bridgehead atoms. The summed E-state index contributed by atoms with van der Waals surface area (Å²) in [5.41, 5.74) is 0.834. The predicted octanol–water partition coefficient (Wildman–Crippen LogP) is 2.61. The third kappa shape index (κ3) is 3.20. The fraction of sp³-hybridized carbons (Fsp3) is 0.467. The Morgan fingerprint density at radius 3 is 2.68 bits per heavy atom. The van der Waals surface area contributed by atoms with Crippen molar-refractivity contribution < 1.29 is 12.9 Å². The first-order valence-corrected chi connectivity index (χ1v) is 9.26. The first-order valence-electron chi connectivity index (χ1n) is 7.41. The van der Waals surface area contributed by atoms with E-state index in [1.807, 2.05) is 30.3 Å². The van der Waals surface area contributed by atoms with Crippen molar-refractivity contribution in [3.63, 3.8) is 0 Å². The highest BCUT2D eigenvalue weighted by Gasteiger charge is 2.32. The molecule has 1 aliphatic heterocycles. The fourth-order valence-corrected chi connectivity index (χ4v) is 3.93. The summed E-state index contributed by atoms with van der Waals surface area (Å²) < 4.78 is 30.9. The van der Waals surface area contributed by atoms with Crippen LogP contribution in [0.4, 0.5) is 0 Å². The summed E-state index contributed by atoms with van der Waals surface area (Å²) in [6.45, 7) is 0.513. The van der Waals surface area contributed by atoms with Crippen molar-refractivity contribution >= 4 is 10.0 Å². The van der Waals surface area contributed by atoms with E-state index in [-0.39, 0.29) is 6.04 Å². The summed E-state index contributed by atoms with van der Waals surface area (Å²) in [4.78, 5) is 4.43. The lowest BCUT2D eigenvalue weighted by atomic mass is 10.1. The SMILES string of the molecule is CS(=O)(=O)N1CCCCC[C@H]1c1noc(-c2ccccc2)n1. The van der Waals surface area contributed by atoms with Gasteiger partial charge in [0.05, 0.1) is 12.3 Å². The molecule has 0 aliphatic carbocycles. The van der Waals surface area contributed by atoms with Crippen molar-refractivity contribution in [2.24, 2.45) is 0 Å². The summed E-state index contributed by atoms with van der Waals surface area (Å²) in [7, 11) is -3.29. The van der Waals surface area contributed by atoms with Crippen molar-refractivity contribution in [1.29, 1.82) is 0 Å². The summed E-state index contributed by atoms with van der Waals surface area (Å²) in [6, 6.07) is 9.15. The Morgan fingerprint density at radius 1 is 1.18 bits per heavy atom. The number of rotatable bonds is 3. The maximum Gasteiger partial charge on any atom is 0.257 e. The number of sulfonamides is 1. The van der Waals surface area contributed by atoms with Crippen LogP contribution >= 0.6 is 0 Å². The van der Waals surface area contributed by atoms with Gasteiger partial charge in [-0.05, 0) is 25.0 Å². The molecule has 3 rings (SSSR count). The third-order valence-electron chi connectivity index (χ3n) is 3.89. The highest BCUT2D eigenvalue weighted by atomic mass is 32.2. The summed E-state index contributed by atoms with van der Waals surface area (Å²) in [5, 5.41) is 4.03. The maximum atomic E-state index is 12.0. The van der Waals surface area contributed by atoms with Crippen LogP contribution in [-0.2, 0) is 10.0 Å². The molecule has 1 atom stereocenters. The van der Waals surface area contributed by atoms with Crippen molar-refractivity contribution in [2.45, 2.75) is 31.7 Å². The Labute approximate surface area is 130 Å². The molecule has 0 unspecified atom stereocenters. The number of nitrogens with zero attached hydrogens (tertiary/aromatic N) is 3. The van der Waals surface area contributed by atoms with Gasteiger partial charge < -0.3 is 4.52 Å². The largest absolute Gasteiger partial charge is 0.334 e. The van der Waals surface area contributed by atoms with Crippen LogP contribution in [-0.4, -0.2) is 35.7 Å². The molecule has 1 aromatic heterocycles. The molecule has 22 heavy (non-hydrogen) atoms. The first-order chi connectivity index (χ1) is 10.6. The van der Waals surface area contributed by atoms with Crippen molar-refractivity contribution in [2.75, 3.05) is 12.8 Å². The molecule has 1 aromatic carbocycles. The van der Waals surface area contributed by atoms with E-state index in [2.05, 4.69) is 10.1 Å². The normalized spacial score (nSPS) is 20.7. The van der Waals surface area contributed by atoms with Crippen molar-refractivity contribution in [3.05, 3.63) is 36.2 Å². The standard InChI is InChI=1S/C15H19N3O3S/c1-22(19,20)18-11-7-3-6-10-13(18)14-16-15(21-17-14)12-8-4-2-5-9-12/h2,4-5,8-9,13H,3,6-7,10-11H2,1H3/t13-/m0/s1. The van der Waals surface area contributed by atoms with E-state index >= 15 is 0 Å². The zero-order valence-electron chi connectivity index (χ0n) is 12.5. The van der Waals surface area contributed by atoms with E-state index in [1.165, 1.54) is 10.6 Å². The minimum atomic E-state index is -3.29. The highest BCUT2D eigenvalue weighted by Crippen LogP contribution is 2.31. The number of hydrogen-bond acceptors (Lipinski definition) is 5. The Kier molecular flexibility index (Phi) is 4.26. The average molecular weight is 321 g/mol. The second kappa shape index (κ2) is 6.18. The van der Waals surface area contributed by atoms with Gasteiger partial charge in [-0.3, -0.25) is 0 Å². The van der Waals surface area contributed by atoms with E-state index in [0.717, 1.165) is 31.2 Å². The van der Waals surface area contributed by atoms with Gasteiger partial charge in [-0.2, -0.15) is 9.29 Å². The molecule has 7 heteroatoms. The molecule has 0 saturated carbocycles. The molecule has 1 aliphatic rings. The molecule has 6 nitrogen and oxygen atoms in total. The van der Waals surface area contributed by atoms with E-state index in [4.69, 9.17) is 4.52 Å². The van der Waals surface area contributed by atoms with Gasteiger partial charge in [0, 0.05) is 12.1 Å². The lowest BCUT2D eigenvalue weighted by molar-refractivity contribution is 0.307. The van der Waals surface area contributed by atoms with E-state index in [0.29, 0.717) is 18.3 Å². The lowest BCUT2D eigenvalue weighted by Crippen LogP contribution is -2.34. The summed E-state index contributed by atoms with van der Waals surface area (Å²) in [5.74, 6) is 0.875. The summed E-state index contributed by atoms with van der Waals surface area (Å²) >= 11 is 0. The van der Waals surface area contributed by atoms with Crippen LogP contribution < -0.4 is 0 Å². The van der Waals surface area contributed by atoms with Gasteiger partial charge in [0.1, 0.15) is 0 Å². The van der Waals surface area contributed by atoms with Crippen LogP contribution in [0.5, 0.6) is 0 Å². The van der Waals surface area contributed by atoms with Crippen molar-refractivity contribution in [1.82, 2.24) is 14.4 Å². The summed E-state index contributed by atoms with van der Waals surface area (Å²) in [6.07, 6.45) is 4.81. The van der Waals surface area contributed by atoms with Crippen LogP contribution in [0.1, 0.15) is 37.5 Å². The minimum absolute atomic E-state index is 0.335. The van der Waals surface area contributed by atoms with E-state index < -0.39 is 10.0 Å². The highest BCUT2D eigenvalue weighted by molar-refractivity contribution is 7.88. The van der Waals surface area contributed by atoms with Gasteiger partial charge >= 0.3 is 0 Å². The second-order valence-electron chi connectivity index (χ2n) is 5.56. The average Bonchev–Trinajstić information content (AvgIpc) is 2.84. The number of aromatic nitrogens is 2. The molecule has 2 aromatic rings. The van der Waals surface area contributed by atoms with Gasteiger partial charge in [0.25, 0.3) is 5.89 Å². The van der Waals surface area contributed by atoms with Gasteiger partial charge in [-0.25, -0.2) is 8.42 Å². The Hall–Kier alpha value is -1.73. The predicted molar refractivity (Wildman–Crippen MR) is 82.5 cm³/mol. The van der Waals surface area contributed by atoms with Crippen LogP contribution in [0.3, 0.4) is 0 Å². The quantitative estimate of drug-likeness (QED) is 0.868. The van der Waals surface area contributed by atoms with Gasteiger partial charge in [-0.1, -0.05) is 36.2 Å². The van der Waals surface area contributed by atoms with Crippen LogP contribution in [0.25, 0.3) is 11.5 Å². The molecule has 0 N–H and O–H groups in total. The molecule has 2 heterocycles. The Bertz CT molecular complexity index is 728. The number of benzene rings is 1. The molecule has 1 fully saturated rings. The second-order valence-corrected chi connectivity index (χ2v) is 7.50. The molecule has 118 valence electrons. The first kappa shape index (κ1) is 15.2. The molecular formula is C15H19N3O3S. The van der Waals surface area contributed by atoms with Gasteiger partial charge in [0.2, 0.25) is 10.0 Å². The molecule has 1 saturated heterocycles. The zero-order chi connectivity index (χ0) is 15.6. The van der Waals surface area contributed by atoms with Gasteiger partial charge in [0.15, 0.2) is 5.82 Å². The number of hydrogen-bond donors (Lipinski definition) is 0. The van der Waals surface area contributed by atoms with Crippen molar-refractivity contribution in [3.8, 4) is 11.5 Å². The molecule has 0 spiro atoms. The molecule has 0 amide bonds. The third-order valence-corrected chi connectivity index (χ3v) is 5.18. The molecular weight excluding hydrogens is 302 g/mol. The van der Waals surface area contributed by atoms with E-state index in [1.54, 1.807) is 0 Å². The minimum Gasteiger partial charge on any atom is -0.334 e. The zero-order valence-corrected chi connectivity index (χ0v) is 13.3. The van der Waals surface area contributed by atoms with Crippen LogP contribution in [0, 0.1) is 0 Å². The Balaban J connectivity index is 1.93.